The van der Waals surface area contributed by atoms with E-state index in [2.05, 4.69) is 5.18 Å². The van der Waals surface area contributed by atoms with Crippen LogP contribution in [0.4, 0.5) is 0 Å². The van der Waals surface area contributed by atoms with Crippen molar-refractivity contribution in [3.8, 4) is 12.1 Å². The van der Waals surface area contributed by atoms with Crippen molar-refractivity contribution in [2.45, 2.75) is 6.04 Å². The van der Waals surface area contributed by atoms with E-state index >= 15 is 0 Å². The van der Waals surface area contributed by atoms with Crippen molar-refractivity contribution in [2.24, 2.45) is 5.18 Å². The van der Waals surface area contributed by atoms with E-state index in [1.54, 1.807) is 30.3 Å². The summed E-state index contributed by atoms with van der Waals surface area (Å²) in [5.74, 6) is 0. The predicted octanol–water partition coefficient (Wildman–Crippen LogP) is 1.89. The Balaban J connectivity index is 3.00. The van der Waals surface area contributed by atoms with E-state index in [1.807, 2.05) is 6.07 Å². The molecule has 1 atom stereocenters. The summed E-state index contributed by atoms with van der Waals surface area (Å²) in [5.41, 5.74) is 1.00. The Kier molecular flexibility index (Phi) is 2.73. The van der Waals surface area contributed by atoms with E-state index < -0.39 is 6.04 Å². The molecule has 0 saturated heterocycles. The fourth-order valence-corrected chi connectivity index (χ4v) is 0.899. The summed E-state index contributed by atoms with van der Waals surface area (Å²) in [6.07, 6.45) is 0. The highest BCUT2D eigenvalue weighted by molar-refractivity contribution is 5.34. The molecule has 13 heavy (non-hydrogen) atoms. The van der Waals surface area contributed by atoms with Crippen LogP contribution in [0.3, 0.4) is 0 Å². The van der Waals surface area contributed by atoms with Crippen LogP contribution in [0.1, 0.15) is 17.2 Å². The lowest BCUT2D eigenvalue weighted by Crippen LogP contribution is -1.90. The molecule has 0 radical (unpaired) electrons. The second kappa shape index (κ2) is 3.99. The first-order chi connectivity index (χ1) is 6.31. The zero-order chi connectivity index (χ0) is 9.68. The Morgan fingerprint density at radius 3 is 2.23 bits per heavy atom. The van der Waals surface area contributed by atoms with Crippen molar-refractivity contribution in [1.82, 2.24) is 0 Å². The molecule has 0 aliphatic heterocycles. The Labute approximate surface area is 75.0 Å². The molecular weight excluding hydrogens is 166 g/mol. The molecule has 0 aliphatic carbocycles. The van der Waals surface area contributed by atoms with Gasteiger partial charge in [0.2, 0.25) is 6.04 Å². The van der Waals surface area contributed by atoms with E-state index in [0.717, 1.165) is 0 Å². The minimum absolute atomic E-state index is 0.492. The topological polar surface area (TPSA) is 77.0 Å². The molecule has 4 heteroatoms. The third-order valence-corrected chi connectivity index (χ3v) is 1.58. The van der Waals surface area contributed by atoms with Crippen molar-refractivity contribution < 1.29 is 0 Å². The van der Waals surface area contributed by atoms with Crippen molar-refractivity contribution in [2.75, 3.05) is 0 Å². The first kappa shape index (κ1) is 8.89. The highest BCUT2D eigenvalue weighted by Gasteiger charge is 2.08. The number of hydrogen-bond acceptors (Lipinski definition) is 4. The lowest BCUT2D eigenvalue weighted by atomic mass is 10.1. The second-order valence-electron chi connectivity index (χ2n) is 2.37. The van der Waals surface area contributed by atoms with Gasteiger partial charge in [0.15, 0.2) is 0 Å². The number of hydrogen-bond donors (Lipinski definition) is 0. The Hall–Kier alpha value is -2.20. The van der Waals surface area contributed by atoms with E-state index in [9.17, 15) is 4.91 Å². The monoisotopic (exact) mass is 171 g/mol. The van der Waals surface area contributed by atoms with Crippen LogP contribution in [-0.2, 0) is 0 Å². The van der Waals surface area contributed by atoms with Gasteiger partial charge < -0.3 is 0 Å². The number of nitriles is 2. The molecule has 0 heterocycles. The fraction of sp³-hybridized carbons (Fsp3) is 0.111. The lowest BCUT2D eigenvalue weighted by Gasteiger charge is -1.98. The summed E-state index contributed by atoms with van der Waals surface area (Å²) in [4.78, 5) is 10.2. The maximum absolute atomic E-state index is 10.2. The van der Waals surface area contributed by atoms with Crippen LogP contribution in [0.15, 0.2) is 29.4 Å². The van der Waals surface area contributed by atoms with Crippen LogP contribution < -0.4 is 0 Å². The molecular formula is C9H5N3O. The van der Waals surface area contributed by atoms with Crippen LogP contribution in [0.25, 0.3) is 0 Å². The summed E-state index contributed by atoms with van der Waals surface area (Å²) in [5, 5.41) is 19.6. The van der Waals surface area contributed by atoms with Gasteiger partial charge in [-0.3, -0.25) is 0 Å². The summed E-state index contributed by atoms with van der Waals surface area (Å²) in [6.45, 7) is 0. The van der Waals surface area contributed by atoms with Crippen molar-refractivity contribution in [1.29, 1.82) is 10.5 Å². The molecule has 0 spiro atoms. The molecule has 62 valence electrons. The molecule has 1 unspecified atom stereocenters. The summed E-state index contributed by atoms with van der Waals surface area (Å²) >= 11 is 0. The number of rotatable bonds is 2. The van der Waals surface area contributed by atoms with Gasteiger partial charge in [0.25, 0.3) is 0 Å². The van der Waals surface area contributed by atoms with Gasteiger partial charge in [-0.1, -0.05) is 12.1 Å². The SMILES string of the molecule is N#Cc1ccc(C(C#N)N=O)cc1. The highest BCUT2D eigenvalue weighted by Crippen LogP contribution is 2.16. The largest absolute Gasteiger partial charge is 0.203 e. The Morgan fingerprint density at radius 1 is 1.23 bits per heavy atom. The zero-order valence-corrected chi connectivity index (χ0v) is 6.64. The maximum atomic E-state index is 10.2. The molecule has 0 aliphatic rings. The maximum Gasteiger partial charge on any atom is 0.203 e. The summed E-state index contributed by atoms with van der Waals surface area (Å²) < 4.78 is 0. The third-order valence-electron chi connectivity index (χ3n) is 1.58. The van der Waals surface area contributed by atoms with Gasteiger partial charge >= 0.3 is 0 Å². The van der Waals surface area contributed by atoms with Crippen molar-refractivity contribution in [3.05, 3.63) is 40.3 Å². The Bertz CT molecular complexity index is 383. The van der Waals surface area contributed by atoms with E-state index in [1.165, 1.54) is 0 Å². The number of nitroso groups, excluding NO2 is 1. The number of benzene rings is 1. The Morgan fingerprint density at radius 2 is 1.85 bits per heavy atom. The van der Waals surface area contributed by atoms with Crippen molar-refractivity contribution >= 4 is 0 Å². The minimum Gasteiger partial charge on any atom is -0.195 e. The van der Waals surface area contributed by atoms with Crippen molar-refractivity contribution in [3.63, 3.8) is 0 Å². The molecule has 0 amide bonds. The first-order valence-corrected chi connectivity index (χ1v) is 3.54. The molecule has 0 aromatic heterocycles. The molecule has 1 rings (SSSR count). The number of nitrogens with zero attached hydrogens (tertiary/aromatic N) is 3. The normalized spacial score (nSPS) is 10.9. The first-order valence-electron chi connectivity index (χ1n) is 3.54. The zero-order valence-electron chi connectivity index (χ0n) is 6.64. The quantitative estimate of drug-likeness (QED) is 0.637. The van der Waals surface area contributed by atoms with Gasteiger partial charge in [-0.15, -0.1) is 4.91 Å². The molecule has 0 saturated carbocycles. The lowest BCUT2D eigenvalue weighted by molar-refractivity contribution is 0.916. The minimum atomic E-state index is -0.979. The van der Waals surface area contributed by atoms with E-state index in [4.69, 9.17) is 10.5 Å². The van der Waals surface area contributed by atoms with Crippen LogP contribution in [-0.4, -0.2) is 0 Å². The average Bonchev–Trinajstić information content (AvgIpc) is 2.21. The smallest absolute Gasteiger partial charge is 0.195 e. The van der Waals surface area contributed by atoms with Crippen LogP contribution in [0, 0.1) is 27.6 Å². The molecule has 0 N–H and O–H groups in total. The van der Waals surface area contributed by atoms with Crippen LogP contribution in [0.5, 0.6) is 0 Å². The summed E-state index contributed by atoms with van der Waals surface area (Å²) in [6, 6.07) is 8.89. The van der Waals surface area contributed by atoms with Gasteiger partial charge in [0.05, 0.1) is 17.7 Å². The standard InChI is InChI=1S/C9H5N3O/c10-5-7-1-3-8(4-2-7)9(6-11)12-13/h1-4,9H. The second-order valence-corrected chi connectivity index (χ2v) is 2.37. The van der Waals surface area contributed by atoms with Crippen LogP contribution >= 0.6 is 0 Å². The molecule has 1 aromatic carbocycles. The fourth-order valence-electron chi connectivity index (χ4n) is 0.899. The molecule has 4 nitrogen and oxygen atoms in total. The third kappa shape index (κ3) is 1.88. The molecule has 0 fully saturated rings. The molecule has 1 aromatic rings. The molecule has 0 bridgehead atoms. The highest BCUT2D eigenvalue weighted by atomic mass is 16.3. The van der Waals surface area contributed by atoms with E-state index in [-0.39, 0.29) is 0 Å². The van der Waals surface area contributed by atoms with Crippen LogP contribution in [0.2, 0.25) is 0 Å². The predicted molar refractivity (Wildman–Crippen MR) is 45.3 cm³/mol. The van der Waals surface area contributed by atoms with Gasteiger partial charge in [-0.25, -0.2) is 0 Å². The average molecular weight is 171 g/mol. The van der Waals surface area contributed by atoms with Gasteiger partial charge in [0, 0.05) is 0 Å². The van der Waals surface area contributed by atoms with Gasteiger partial charge in [-0.2, -0.15) is 10.5 Å². The van der Waals surface area contributed by atoms with Gasteiger partial charge in [0.1, 0.15) is 0 Å². The van der Waals surface area contributed by atoms with E-state index in [0.29, 0.717) is 11.1 Å². The summed E-state index contributed by atoms with van der Waals surface area (Å²) in [7, 11) is 0. The van der Waals surface area contributed by atoms with Gasteiger partial charge in [-0.05, 0) is 22.9 Å².